The van der Waals surface area contributed by atoms with Gasteiger partial charge in [0.1, 0.15) is 17.1 Å². The third-order valence-corrected chi connectivity index (χ3v) is 8.46. The number of carbonyl (C=O) groups excluding carboxylic acids is 1. The number of halogens is 4. The molecule has 0 aliphatic heterocycles. The van der Waals surface area contributed by atoms with Crippen molar-refractivity contribution in [2.45, 2.75) is 18.5 Å². The zero-order chi connectivity index (χ0) is 33.5. The molecule has 14 heteroatoms. The number of amides is 2. The van der Waals surface area contributed by atoms with Crippen molar-refractivity contribution in [1.82, 2.24) is 25.1 Å². The second kappa shape index (κ2) is 12.5. The third-order valence-electron chi connectivity index (χ3n) is 7.97. The number of pyridine rings is 1. The molecule has 6 rings (SSSR count). The Morgan fingerprint density at radius 1 is 1.09 bits per heavy atom. The molecule has 6 aromatic rings. The highest BCUT2D eigenvalue weighted by atomic mass is 79.9. The maximum Gasteiger partial charge on any atom is 0.416 e. The highest BCUT2D eigenvalue weighted by Crippen LogP contribution is 2.41. The molecule has 5 N–H and O–H groups in total. The number of para-hydroxylation sites is 1. The van der Waals surface area contributed by atoms with Crippen LogP contribution in [0.3, 0.4) is 0 Å². The quantitative estimate of drug-likeness (QED) is 0.119. The molecule has 0 saturated carbocycles. The average molecular weight is 710 g/mol. The summed E-state index contributed by atoms with van der Waals surface area (Å²) in [6.45, 7) is 0.0805. The van der Waals surface area contributed by atoms with E-state index in [2.05, 4.69) is 41.6 Å². The molecule has 0 bridgehead atoms. The summed E-state index contributed by atoms with van der Waals surface area (Å²) in [7, 11) is 2.95. The first kappa shape index (κ1) is 31.7. The van der Waals surface area contributed by atoms with Gasteiger partial charge in [-0.25, -0.2) is 4.79 Å². The van der Waals surface area contributed by atoms with Crippen LogP contribution in [0.15, 0.2) is 82.2 Å². The lowest BCUT2D eigenvalue weighted by atomic mass is 9.85. The lowest BCUT2D eigenvalue weighted by Crippen LogP contribution is -2.31. The van der Waals surface area contributed by atoms with Crippen molar-refractivity contribution in [3.63, 3.8) is 0 Å². The summed E-state index contributed by atoms with van der Waals surface area (Å²) in [6, 6.07) is 17.0. The second-order valence-electron chi connectivity index (χ2n) is 10.8. The molecule has 10 nitrogen and oxygen atoms in total. The largest absolute Gasteiger partial charge is 0.507 e. The van der Waals surface area contributed by atoms with Crippen molar-refractivity contribution in [2.75, 3.05) is 19.0 Å². The Morgan fingerprint density at radius 3 is 2.62 bits per heavy atom. The number of hydrogen-bond acceptors (Lipinski definition) is 5. The molecule has 3 heterocycles. The Hall–Kier alpha value is -5.24. The van der Waals surface area contributed by atoms with Crippen LogP contribution < -0.4 is 20.9 Å². The zero-order valence-electron chi connectivity index (χ0n) is 25.0. The van der Waals surface area contributed by atoms with Gasteiger partial charge < -0.3 is 30.4 Å². The fraction of sp³-hybridized carbons (Fsp3) is 0.182. The highest BCUT2D eigenvalue weighted by molar-refractivity contribution is 9.10. The summed E-state index contributed by atoms with van der Waals surface area (Å²) < 4.78 is 47.3. The molecule has 242 valence electrons. The van der Waals surface area contributed by atoms with Gasteiger partial charge in [0.05, 0.1) is 41.4 Å². The maximum atomic E-state index is 13.7. The summed E-state index contributed by atoms with van der Waals surface area (Å²) in [5, 5.41) is 22.1. The van der Waals surface area contributed by atoms with E-state index >= 15 is 0 Å². The van der Waals surface area contributed by atoms with Gasteiger partial charge in [-0.3, -0.25) is 9.48 Å². The Balaban J connectivity index is 1.38. The van der Waals surface area contributed by atoms with Crippen LogP contribution in [-0.4, -0.2) is 44.5 Å². The zero-order valence-corrected chi connectivity index (χ0v) is 26.6. The van der Waals surface area contributed by atoms with Gasteiger partial charge >= 0.3 is 12.2 Å². The summed E-state index contributed by atoms with van der Waals surface area (Å²) in [5.41, 5.74) is 1.78. The first-order valence-electron chi connectivity index (χ1n) is 14.4. The molecular weight excluding hydrogens is 681 g/mol. The average Bonchev–Trinajstić information content (AvgIpc) is 3.58. The van der Waals surface area contributed by atoms with Crippen molar-refractivity contribution in [3.05, 3.63) is 116 Å². The first-order chi connectivity index (χ1) is 22.5. The van der Waals surface area contributed by atoms with Crippen molar-refractivity contribution >= 4 is 49.6 Å². The number of aromatic amines is 2. The molecule has 3 aromatic carbocycles. The second-order valence-corrected chi connectivity index (χ2v) is 11.8. The first-order valence-corrected chi connectivity index (χ1v) is 15.2. The fourth-order valence-electron chi connectivity index (χ4n) is 5.80. The minimum atomic E-state index is -4.60. The molecule has 0 fully saturated rings. The molecule has 0 aliphatic carbocycles. The van der Waals surface area contributed by atoms with Crippen molar-refractivity contribution in [3.8, 4) is 11.5 Å². The van der Waals surface area contributed by atoms with Gasteiger partial charge in [0.15, 0.2) is 0 Å². The predicted molar refractivity (Wildman–Crippen MR) is 175 cm³/mol. The van der Waals surface area contributed by atoms with Crippen molar-refractivity contribution < 1.29 is 27.8 Å². The minimum Gasteiger partial charge on any atom is -0.507 e. The molecular formula is C33H28BrF3N6O4. The number of rotatable bonds is 8. The SMILES string of the molecule is COc1ccc(C(F)(F)F)cc1NC(=O)NCCc1c(C(c2cccc(Br)c2)c2c(O)c3cnn(C)c3[nH]c2=O)[nH]c2ccccc12. The molecule has 3 aromatic heterocycles. The van der Waals surface area contributed by atoms with E-state index in [0.717, 1.165) is 39.1 Å². The molecule has 2 amide bonds. The number of carbonyl (C=O) groups is 1. The van der Waals surface area contributed by atoms with Crippen LogP contribution in [0.5, 0.6) is 11.5 Å². The van der Waals surface area contributed by atoms with Gasteiger partial charge in [-0.2, -0.15) is 18.3 Å². The number of nitrogens with one attached hydrogen (secondary N) is 4. The monoisotopic (exact) mass is 708 g/mol. The van der Waals surface area contributed by atoms with Crippen LogP contribution in [0.4, 0.5) is 23.7 Å². The van der Waals surface area contributed by atoms with Crippen molar-refractivity contribution in [2.24, 2.45) is 7.05 Å². The van der Waals surface area contributed by atoms with Crippen LogP contribution in [-0.2, 0) is 19.6 Å². The standard InChI is InChI=1S/C33H28BrF3N6O4/c1-43-30-22(16-39-43)29(44)27(31(45)42-30)26(17-6-5-7-19(34)14-17)28-21(20-8-3-4-9-23(20)40-28)12-13-38-32(46)41-24-15-18(33(35,36)37)10-11-25(24)47-2/h3-11,14-16,26,40H,12-13H2,1-2H3,(H2,38,41,46)(H2,42,44,45). The third kappa shape index (κ3) is 6.15. The fourth-order valence-corrected chi connectivity index (χ4v) is 6.22. The van der Waals surface area contributed by atoms with Crippen molar-refractivity contribution in [1.29, 1.82) is 0 Å². The van der Waals surface area contributed by atoms with E-state index in [9.17, 15) is 27.9 Å². The molecule has 0 spiro atoms. The summed E-state index contributed by atoms with van der Waals surface area (Å²) in [4.78, 5) is 32.9. The van der Waals surface area contributed by atoms with Gasteiger partial charge in [-0.1, -0.05) is 46.3 Å². The number of ether oxygens (including phenoxy) is 1. The van der Waals surface area contributed by atoms with Crippen LogP contribution in [0, 0.1) is 0 Å². The van der Waals surface area contributed by atoms with Gasteiger partial charge in [0, 0.05) is 34.7 Å². The van der Waals surface area contributed by atoms with Gasteiger partial charge in [-0.05, 0) is 53.9 Å². The number of benzene rings is 3. The minimum absolute atomic E-state index is 0.0690. The summed E-state index contributed by atoms with van der Waals surface area (Å²) in [6.07, 6.45) is -2.85. The number of nitrogens with zero attached hydrogens (tertiary/aromatic N) is 2. The molecule has 1 unspecified atom stereocenters. The van der Waals surface area contributed by atoms with Crippen LogP contribution in [0.1, 0.15) is 33.9 Å². The molecule has 1 atom stereocenters. The van der Waals surface area contributed by atoms with E-state index in [1.807, 2.05) is 48.5 Å². The molecule has 0 aliphatic rings. The Kier molecular flexibility index (Phi) is 8.45. The predicted octanol–water partition coefficient (Wildman–Crippen LogP) is 6.78. The number of methoxy groups -OCH3 is 1. The van der Waals surface area contributed by atoms with E-state index in [0.29, 0.717) is 22.3 Å². The van der Waals surface area contributed by atoms with E-state index in [4.69, 9.17) is 4.74 Å². The van der Waals surface area contributed by atoms with Gasteiger partial charge in [-0.15, -0.1) is 0 Å². The van der Waals surface area contributed by atoms with E-state index in [1.54, 1.807) is 7.05 Å². The van der Waals surface area contributed by atoms with Gasteiger partial charge in [0.25, 0.3) is 5.56 Å². The maximum absolute atomic E-state index is 13.7. The Labute approximate surface area is 273 Å². The van der Waals surface area contributed by atoms with E-state index < -0.39 is 29.2 Å². The number of alkyl halides is 3. The van der Waals surface area contributed by atoms with Gasteiger partial charge in [0.2, 0.25) is 0 Å². The number of hydrogen-bond donors (Lipinski definition) is 5. The van der Waals surface area contributed by atoms with E-state index in [1.165, 1.54) is 18.0 Å². The number of fused-ring (bicyclic) bond motifs is 2. The number of aryl methyl sites for hydroxylation is 1. The number of anilines is 1. The van der Waals surface area contributed by atoms with Crippen LogP contribution in [0.25, 0.3) is 21.9 Å². The normalized spacial score (nSPS) is 12.4. The lowest BCUT2D eigenvalue weighted by molar-refractivity contribution is -0.137. The Bertz CT molecular complexity index is 2190. The topological polar surface area (TPSA) is 137 Å². The molecule has 0 radical (unpaired) electrons. The van der Waals surface area contributed by atoms with Crippen LogP contribution in [0.2, 0.25) is 0 Å². The van der Waals surface area contributed by atoms with E-state index in [-0.39, 0.29) is 35.7 Å². The highest BCUT2D eigenvalue weighted by Gasteiger charge is 2.32. The summed E-state index contributed by atoms with van der Waals surface area (Å²) in [5.74, 6) is -0.912. The molecule has 47 heavy (non-hydrogen) atoms. The smallest absolute Gasteiger partial charge is 0.416 e. The number of H-pyrrole nitrogens is 2. The number of aromatic nitrogens is 4. The lowest BCUT2D eigenvalue weighted by Gasteiger charge is -2.20. The summed E-state index contributed by atoms with van der Waals surface area (Å²) >= 11 is 3.52. The Morgan fingerprint density at radius 2 is 1.87 bits per heavy atom. The van der Waals surface area contributed by atoms with Crippen LogP contribution >= 0.6 is 15.9 Å². The number of urea groups is 1. The number of aromatic hydroxyl groups is 1. The molecule has 0 saturated heterocycles.